The molecule has 34 heavy (non-hydrogen) atoms. The van der Waals surface area contributed by atoms with Crippen LogP contribution >= 0.6 is 0 Å². The van der Waals surface area contributed by atoms with Crippen LogP contribution in [0.15, 0.2) is 36.7 Å². The van der Waals surface area contributed by atoms with E-state index in [1.54, 1.807) is 0 Å². The van der Waals surface area contributed by atoms with Crippen molar-refractivity contribution in [1.29, 1.82) is 0 Å². The number of benzene rings is 1. The molecule has 0 aliphatic heterocycles. The first-order chi connectivity index (χ1) is 16.7. The van der Waals surface area contributed by atoms with E-state index < -0.39 is 0 Å². The fraction of sp³-hybridized carbons (Fsp3) is 0.677. The first kappa shape index (κ1) is 28.3. The van der Waals surface area contributed by atoms with Gasteiger partial charge in [0.1, 0.15) is 5.75 Å². The van der Waals surface area contributed by atoms with E-state index >= 15 is 0 Å². The van der Waals surface area contributed by atoms with Gasteiger partial charge < -0.3 is 4.74 Å². The summed E-state index contributed by atoms with van der Waals surface area (Å²) in [6.07, 6.45) is 25.1. The van der Waals surface area contributed by atoms with E-state index in [9.17, 15) is 0 Å². The number of aryl methyl sites for hydroxylation is 1. The highest BCUT2D eigenvalue weighted by Crippen LogP contribution is 2.20. The first-order valence-electron chi connectivity index (χ1n) is 14.3. The third-order valence-corrected chi connectivity index (χ3v) is 6.94. The van der Waals surface area contributed by atoms with Crippen LogP contribution in [0, 0.1) is 5.92 Å². The molecule has 0 fully saturated rings. The third kappa shape index (κ3) is 12.5. The van der Waals surface area contributed by atoms with Gasteiger partial charge in [0.05, 0.1) is 6.61 Å². The van der Waals surface area contributed by atoms with Crippen molar-refractivity contribution in [2.75, 3.05) is 6.61 Å². The minimum atomic E-state index is 0.795. The first-order valence-corrected chi connectivity index (χ1v) is 14.3. The number of ether oxygens (including phenoxy) is 1. The molecule has 0 aliphatic carbocycles. The fourth-order valence-electron chi connectivity index (χ4n) is 4.32. The van der Waals surface area contributed by atoms with E-state index in [0.717, 1.165) is 42.5 Å². The monoisotopic (exact) mass is 466 g/mol. The lowest BCUT2D eigenvalue weighted by molar-refractivity contribution is 0.302. The molecule has 0 saturated carbocycles. The molecule has 0 aliphatic rings. The Labute approximate surface area is 210 Å². The van der Waals surface area contributed by atoms with Crippen molar-refractivity contribution < 1.29 is 4.74 Å². The van der Waals surface area contributed by atoms with E-state index in [4.69, 9.17) is 4.74 Å². The van der Waals surface area contributed by atoms with E-state index in [1.165, 1.54) is 95.5 Å². The summed E-state index contributed by atoms with van der Waals surface area (Å²) in [4.78, 5) is 9.22. The number of unbranched alkanes of at least 4 members (excludes halogenated alkanes) is 11. The highest BCUT2D eigenvalue weighted by molar-refractivity contribution is 5.55. The molecule has 0 N–H and O–H groups in total. The number of hydrogen-bond acceptors (Lipinski definition) is 3. The van der Waals surface area contributed by atoms with Crippen molar-refractivity contribution in [2.24, 2.45) is 5.92 Å². The van der Waals surface area contributed by atoms with Gasteiger partial charge in [-0.25, -0.2) is 9.97 Å². The average Bonchev–Trinajstić information content (AvgIpc) is 2.88. The number of hydrogen-bond donors (Lipinski definition) is 0. The maximum atomic E-state index is 5.91. The van der Waals surface area contributed by atoms with E-state index in [2.05, 4.69) is 42.9 Å². The molecule has 0 bridgehead atoms. The Balaban J connectivity index is 1.58. The number of aromatic nitrogens is 2. The Morgan fingerprint density at radius 2 is 1.29 bits per heavy atom. The zero-order valence-corrected chi connectivity index (χ0v) is 22.4. The summed E-state index contributed by atoms with van der Waals surface area (Å²) in [6, 6.07) is 8.20. The Hall–Kier alpha value is -1.90. The van der Waals surface area contributed by atoms with Crippen molar-refractivity contribution in [3.63, 3.8) is 0 Å². The fourth-order valence-corrected chi connectivity index (χ4v) is 4.32. The highest BCUT2D eigenvalue weighted by atomic mass is 16.5. The Kier molecular flexibility index (Phi) is 15.4. The molecule has 1 aromatic heterocycles. The summed E-state index contributed by atoms with van der Waals surface area (Å²) in [5, 5.41) is 0. The smallest absolute Gasteiger partial charge is 0.159 e. The highest BCUT2D eigenvalue weighted by Gasteiger charge is 2.04. The van der Waals surface area contributed by atoms with Crippen LogP contribution in [-0.2, 0) is 6.42 Å². The van der Waals surface area contributed by atoms with E-state index in [1.807, 2.05) is 24.5 Å². The maximum absolute atomic E-state index is 5.91. The van der Waals surface area contributed by atoms with Gasteiger partial charge in [-0.2, -0.15) is 0 Å². The van der Waals surface area contributed by atoms with Crippen molar-refractivity contribution in [2.45, 2.75) is 124 Å². The molecule has 0 radical (unpaired) electrons. The Bertz CT molecular complexity index is 726. The molecule has 2 aromatic rings. The SMILES string of the molecule is CCCCCCCCCCCCc1cnc(-c2ccc(OCCCCC[C@@H](C)CC)cc2)nc1. The predicted octanol–water partition coefficient (Wildman–Crippen LogP) is 9.59. The second kappa shape index (κ2) is 18.4. The third-order valence-electron chi connectivity index (χ3n) is 6.94. The molecule has 1 heterocycles. The second-order valence-electron chi connectivity index (χ2n) is 10.1. The van der Waals surface area contributed by atoms with Gasteiger partial charge in [0.2, 0.25) is 0 Å². The van der Waals surface area contributed by atoms with Crippen LogP contribution in [0.3, 0.4) is 0 Å². The molecular weight excluding hydrogens is 416 g/mol. The molecule has 190 valence electrons. The number of rotatable bonds is 20. The van der Waals surface area contributed by atoms with E-state index in [-0.39, 0.29) is 0 Å². The Morgan fingerprint density at radius 3 is 1.91 bits per heavy atom. The van der Waals surface area contributed by atoms with Crippen molar-refractivity contribution in [1.82, 2.24) is 9.97 Å². The molecule has 0 amide bonds. The van der Waals surface area contributed by atoms with Gasteiger partial charge in [0, 0.05) is 18.0 Å². The molecule has 1 aromatic carbocycles. The minimum absolute atomic E-state index is 0.795. The summed E-state index contributed by atoms with van der Waals surface area (Å²) in [5.41, 5.74) is 2.29. The summed E-state index contributed by atoms with van der Waals surface area (Å²) >= 11 is 0. The predicted molar refractivity (Wildman–Crippen MR) is 146 cm³/mol. The van der Waals surface area contributed by atoms with Crippen molar-refractivity contribution >= 4 is 0 Å². The summed E-state index contributed by atoms with van der Waals surface area (Å²) in [5.74, 6) is 2.58. The molecule has 3 nitrogen and oxygen atoms in total. The van der Waals surface area contributed by atoms with Gasteiger partial charge in [0.15, 0.2) is 5.82 Å². The molecule has 3 heteroatoms. The van der Waals surface area contributed by atoms with Crippen LogP contribution in [0.25, 0.3) is 11.4 Å². The van der Waals surface area contributed by atoms with Crippen LogP contribution < -0.4 is 4.74 Å². The van der Waals surface area contributed by atoms with E-state index in [0.29, 0.717) is 0 Å². The lowest BCUT2D eigenvalue weighted by atomic mass is 10.0. The lowest BCUT2D eigenvalue weighted by Crippen LogP contribution is -1.98. The van der Waals surface area contributed by atoms with Crippen LogP contribution in [0.1, 0.15) is 123 Å². The van der Waals surface area contributed by atoms with Gasteiger partial charge in [-0.3, -0.25) is 0 Å². The van der Waals surface area contributed by atoms with Crippen LogP contribution in [0.4, 0.5) is 0 Å². The molecule has 0 spiro atoms. The zero-order valence-electron chi connectivity index (χ0n) is 22.4. The standard InChI is InChI=1S/C31H50N2O/c1-4-6-7-8-9-10-11-12-13-16-19-28-25-32-31(33-26-28)29-20-22-30(23-21-29)34-24-17-14-15-18-27(3)5-2/h20-23,25-27H,4-19,24H2,1-3H3/t27-/m0/s1. The van der Waals surface area contributed by atoms with Gasteiger partial charge in [-0.15, -0.1) is 0 Å². The van der Waals surface area contributed by atoms with Gasteiger partial charge >= 0.3 is 0 Å². The van der Waals surface area contributed by atoms with Crippen LogP contribution in [0.5, 0.6) is 5.75 Å². The van der Waals surface area contributed by atoms with Gasteiger partial charge in [0.25, 0.3) is 0 Å². The maximum Gasteiger partial charge on any atom is 0.159 e. The molecule has 1 atom stereocenters. The molecular formula is C31H50N2O. The Morgan fingerprint density at radius 1 is 0.706 bits per heavy atom. The number of nitrogens with zero attached hydrogens (tertiary/aromatic N) is 2. The molecule has 2 rings (SSSR count). The topological polar surface area (TPSA) is 35.0 Å². The van der Waals surface area contributed by atoms with Gasteiger partial charge in [-0.05, 0) is 55.0 Å². The van der Waals surface area contributed by atoms with Crippen LogP contribution in [-0.4, -0.2) is 16.6 Å². The average molecular weight is 467 g/mol. The lowest BCUT2D eigenvalue weighted by Gasteiger charge is -2.09. The zero-order chi connectivity index (χ0) is 24.3. The normalized spacial score (nSPS) is 12.1. The molecule has 0 saturated heterocycles. The summed E-state index contributed by atoms with van der Waals surface area (Å²) < 4.78 is 5.91. The second-order valence-corrected chi connectivity index (χ2v) is 10.1. The largest absolute Gasteiger partial charge is 0.494 e. The van der Waals surface area contributed by atoms with Gasteiger partial charge in [-0.1, -0.05) is 104 Å². The van der Waals surface area contributed by atoms with Crippen LogP contribution in [0.2, 0.25) is 0 Å². The van der Waals surface area contributed by atoms with Crippen molar-refractivity contribution in [3.8, 4) is 17.1 Å². The minimum Gasteiger partial charge on any atom is -0.494 e. The molecule has 0 unspecified atom stereocenters. The summed E-state index contributed by atoms with van der Waals surface area (Å²) in [7, 11) is 0. The van der Waals surface area contributed by atoms with Crippen molar-refractivity contribution in [3.05, 3.63) is 42.2 Å². The quantitative estimate of drug-likeness (QED) is 0.182. The summed E-state index contributed by atoms with van der Waals surface area (Å²) in [6.45, 7) is 7.69.